The minimum atomic E-state index is -0.201. The maximum Gasteiger partial charge on any atom is 0.255 e. The number of methoxy groups -OCH3 is 1. The van der Waals surface area contributed by atoms with Gasteiger partial charge in [-0.25, -0.2) is 0 Å². The number of pyridine rings is 1. The van der Waals surface area contributed by atoms with E-state index in [4.69, 9.17) is 9.47 Å². The first-order valence-corrected chi connectivity index (χ1v) is 8.23. The van der Waals surface area contributed by atoms with Crippen molar-refractivity contribution in [2.24, 2.45) is 0 Å². The zero-order chi connectivity index (χ0) is 18.4. The second kappa shape index (κ2) is 8.16. The largest absolute Gasteiger partial charge is 0.496 e. The third-order valence-corrected chi connectivity index (χ3v) is 3.89. The lowest BCUT2D eigenvalue weighted by Gasteiger charge is -2.10. The van der Waals surface area contributed by atoms with E-state index in [2.05, 4.69) is 10.3 Å². The molecule has 0 spiro atoms. The first kappa shape index (κ1) is 17.5. The number of hydrogen-bond donors (Lipinski definition) is 1. The highest BCUT2D eigenvalue weighted by molar-refractivity contribution is 6.04. The molecular formula is C21H20N2O3. The number of carbonyl (C=O) groups excluding carboxylic acids is 1. The monoisotopic (exact) mass is 348 g/mol. The number of nitrogens with zero attached hydrogens (tertiary/aromatic N) is 1. The maximum atomic E-state index is 12.5. The molecule has 26 heavy (non-hydrogen) atoms. The van der Waals surface area contributed by atoms with Crippen molar-refractivity contribution < 1.29 is 14.3 Å². The number of nitrogens with one attached hydrogen (secondary N) is 1. The Morgan fingerprint density at radius 3 is 2.77 bits per heavy atom. The van der Waals surface area contributed by atoms with Gasteiger partial charge < -0.3 is 14.8 Å². The molecule has 1 heterocycles. The second-order valence-electron chi connectivity index (χ2n) is 5.82. The average Bonchev–Trinajstić information content (AvgIpc) is 2.68. The highest BCUT2D eigenvalue weighted by Gasteiger charge is 2.09. The third kappa shape index (κ3) is 4.39. The van der Waals surface area contributed by atoms with E-state index in [9.17, 15) is 4.79 Å². The molecule has 1 amide bonds. The van der Waals surface area contributed by atoms with Gasteiger partial charge in [-0.3, -0.25) is 9.78 Å². The number of carbonyl (C=O) groups is 1. The van der Waals surface area contributed by atoms with Crippen LogP contribution in [0.5, 0.6) is 11.5 Å². The Labute approximate surface area is 152 Å². The predicted molar refractivity (Wildman–Crippen MR) is 101 cm³/mol. The summed E-state index contributed by atoms with van der Waals surface area (Å²) in [5, 5.41) is 2.88. The summed E-state index contributed by atoms with van der Waals surface area (Å²) >= 11 is 0. The molecule has 3 aromatic rings. The van der Waals surface area contributed by atoms with Crippen LogP contribution in [0.1, 0.15) is 21.5 Å². The van der Waals surface area contributed by atoms with Gasteiger partial charge in [0.2, 0.25) is 0 Å². The maximum absolute atomic E-state index is 12.5. The molecule has 3 rings (SSSR count). The Balaban J connectivity index is 1.67. The molecule has 2 aromatic carbocycles. The van der Waals surface area contributed by atoms with E-state index < -0.39 is 0 Å². The first-order valence-electron chi connectivity index (χ1n) is 8.23. The number of amides is 1. The van der Waals surface area contributed by atoms with Crippen LogP contribution in [0.15, 0.2) is 67.0 Å². The molecule has 1 N–H and O–H groups in total. The molecule has 0 aliphatic carbocycles. The van der Waals surface area contributed by atoms with E-state index in [0.717, 1.165) is 11.1 Å². The van der Waals surface area contributed by atoms with Crippen LogP contribution in [0.25, 0.3) is 0 Å². The minimum absolute atomic E-state index is 0.201. The summed E-state index contributed by atoms with van der Waals surface area (Å²) in [6, 6.07) is 16.5. The van der Waals surface area contributed by atoms with Gasteiger partial charge in [0.1, 0.15) is 18.1 Å². The zero-order valence-electron chi connectivity index (χ0n) is 14.7. The molecule has 0 aliphatic heterocycles. The topological polar surface area (TPSA) is 60.5 Å². The summed E-state index contributed by atoms with van der Waals surface area (Å²) in [4.78, 5) is 16.5. The van der Waals surface area contributed by atoms with Crippen LogP contribution >= 0.6 is 0 Å². The summed E-state index contributed by atoms with van der Waals surface area (Å²) in [6.45, 7) is 2.35. The molecule has 0 saturated carbocycles. The Kier molecular flexibility index (Phi) is 5.49. The minimum Gasteiger partial charge on any atom is -0.496 e. The number of aryl methyl sites for hydroxylation is 1. The van der Waals surface area contributed by atoms with Crippen molar-refractivity contribution in [1.29, 1.82) is 0 Å². The van der Waals surface area contributed by atoms with Crippen LogP contribution < -0.4 is 14.8 Å². The van der Waals surface area contributed by atoms with E-state index in [1.165, 1.54) is 0 Å². The van der Waals surface area contributed by atoms with Crippen molar-refractivity contribution in [2.75, 3.05) is 12.4 Å². The standard InChI is InChI=1S/C21H20N2O3/c1-15-8-9-17(11-20(15)25-2)21(24)23-18-6-3-7-19(12-18)26-14-16-5-4-10-22-13-16/h3-13H,14H2,1-2H3,(H,23,24). The van der Waals surface area contributed by atoms with E-state index in [-0.39, 0.29) is 5.91 Å². The molecule has 0 atom stereocenters. The summed E-state index contributed by atoms with van der Waals surface area (Å²) < 4.78 is 11.0. The zero-order valence-corrected chi connectivity index (χ0v) is 14.7. The number of benzene rings is 2. The van der Waals surface area contributed by atoms with Gasteiger partial charge in [-0.05, 0) is 42.8 Å². The van der Waals surface area contributed by atoms with Gasteiger partial charge >= 0.3 is 0 Å². The number of aromatic nitrogens is 1. The second-order valence-corrected chi connectivity index (χ2v) is 5.82. The molecule has 0 saturated heterocycles. The normalized spacial score (nSPS) is 10.2. The molecule has 0 aliphatic rings. The number of ether oxygens (including phenoxy) is 2. The lowest BCUT2D eigenvalue weighted by atomic mass is 10.1. The van der Waals surface area contributed by atoms with Gasteiger partial charge in [0, 0.05) is 35.3 Å². The first-order chi connectivity index (χ1) is 12.7. The Morgan fingerprint density at radius 2 is 2.00 bits per heavy atom. The molecule has 0 bridgehead atoms. The number of anilines is 1. The van der Waals surface area contributed by atoms with E-state index in [0.29, 0.717) is 29.4 Å². The van der Waals surface area contributed by atoms with E-state index >= 15 is 0 Å². The Hall–Kier alpha value is -3.34. The summed E-state index contributed by atoms with van der Waals surface area (Å²) in [5.74, 6) is 1.16. The molecule has 0 radical (unpaired) electrons. The van der Waals surface area contributed by atoms with Crippen LogP contribution in [0, 0.1) is 6.92 Å². The third-order valence-electron chi connectivity index (χ3n) is 3.89. The summed E-state index contributed by atoms with van der Waals surface area (Å²) in [6.07, 6.45) is 3.48. The molecule has 132 valence electrons. The van der Waals surface area contributed by atoms with Gasteiger partial charge in [0.05, 0.1) is 7.11 Å². The van der Waals surface area contributed by atoms with Crippen molar-refractivity contribution in [3.8, 4) is 11.5 Å². The fourth-order valence-corrected chi connectivity index (χ4v) is 2.48. The molecule has 1 aromatic heterocycles. The van der Waals surface area contributed by atoms with E-state index in [1.807, 2.05) is 43.3 Å². The number of hydrogen-bond acceptors (Lipinski definition) is 4. The van der Waals surface area contributed by atoms with Gasteiger partial charge in [0.15, 0.2) is 0 Å². The van der Waals surface area contributed by atoms with Gasteiger partial charge in [-0.2, -0.15) is 0 Å². The fourth-order valence-electron chi connectivity index (χ4n) is 2.48. The summed E-state index contributed by atoms with van der Waals surface area (Å²) in [7, 11) is 1.59. The van der Waals surface area contributed by atoms with Crippen LogP contribution in [0.3, 0.4) is 0 Å². The van der Waals surface area contributed by atoms with Crippen molar-refractivity contribution in [3.05, 3.63) is 83.7 Å². The van der Waals surface area contributed by atoms with Crippen LogP contribution in [0.2, 0.25) is 0 Å². The molecule has 0 fully saturated rings. The highest BCUT2D eigenvalue weighted by Crippen LogP contribution is 2.22. The van der Waals surface area contributed by atoms with Crippen LogP contribution in [-0.2, 0) is 6.61 Å². The average molecular weight is 348 g/mol. The van der Waals surface area contributed by atoms with Crippen LogP contribution in [-0.4, -0.2) is 18.0 Å². The number of rotatable bonds is 6. The Bertz CT molecular complexity index is 895. The van der Waals surface area contributed by atoms with Gasteiger partial charge in [-0.15, -0.1) is 0 Å². The summed E-state index contributed by atoms with van der Waals surface area (Å²) in [5.41, 5.74) is 3.16. The lowest BCUT2D eigenvalue weighted by Crippen LogP contribution is -2.12. The van der Waals surface area contributed by atoms with Gasteiger partial charge in [-0.1, -0.05) is 18.2 Å². The molecule has 0 unspecified atom stereocenters. The quantitative estimate of drug-likeness (QED) is 0.724. The van der Waals surface area contributed by atoms with Crippen molar-refractivity contribution >= 4 is 11.6 Å². The molecular weight excluding hydrogens is 328 g/mol. The molecule has 5 nitrogen and oxygen atoms in total. The van der Waals surface area contributed by atoms with Crippen molar-refractivity contribution in [1.82, 2.24) is 4.98 Å². The molecule has 5 heteroatoms. The lowest BCUT2D eigenvalue weighted by molar-refractivity contribution is 0.102. The Morgan fingerprint density at radius 1 is 1.12 bits per heavy atom. The van der Waals surface area contributed by atoms with Gasteiger partial charge in [0.25, 0.3) is 5.91 Å². The smallest absolute Gasteiger partial charge is 0.255 e. The van der Waals surface area contributed by atoms with Crippen LogP contribution in [0.4, 0.5) is 5.69 Å². The van der Waals surface area contributed by atoms with Crippen molar-refractivity contribution in [3.63, 3.8) is 0 Å². The van der Waals surface area contributed by atoms with E-state index in [1.54, 1.807) is 37.7 Å². The SMILES string of the molecule is COc1cc(C(=O)Nc2cccc(OCc3cccnc3)c2)ccc1C. The fraction of sp³-hybridized carbons (Fsp3) is 0.143. The highest BCUT2D eigenvalue weighted by atomic mass is 16.5. The predicted octanol–water partition coefficient (Wildman–Crippen LogP) is 4.23. The van der Waals surface area contributed by atoms with Crippen molar-refractivity contribution in [2.45, 2.75) is 13.5 Å².